The third-order valence-electron chi connectivity index (χ3n) is 23.3. The third kappa shape index (κ3) is 25.2. The molecule has 0 bridgehead atoms. The average molecular weight is 982 g/mol. The van der Waals surface area contributed by atoms with Crippen molar-refractivity contribution in [1.82, 2.24) is 0 Å². The van der Waals surface area contributed by atoms with Gasteiger partial charge in [0.2, 0.25) is 0 Å². The van der Waals surface area contributed by atoms with Crippen molar-refractivity contribution in [3.05, 3.63) is 0 Å². The molecule has 0 aromatic rings. The lowest BCUT2D eigenvalue weighted by Gasteiger charge is -2.45. The van der Waals surface area contributed by atoms with E-state index < -0.39 is 0 Å². The van der Waals surface area contributed by atoms with Crippen molar-refractivity contribution < 1.29 is 0 Å². The first-order chi connectivity index (χ1) is 32.5. The van der Waals surface area contributed by atoms with Gasteiger partial charge in [0, 0.05) is 0 Å². The molecule has 0 aliphatic heterocycles. The van der Waals surface area contributed by atoms with Crippen LogP contribution < -0.4 is 0 Å². The summed E-state index contributed by atoms with van der Waals surface area (Å²) in [6, 6.07) is 0. The molecule has 0 heterocycles. The van der Waals surface area contributed by atoms with Crippen molar-refractivity contribution in [3.63, 3.8) is 0 Å². The van der Waals surface area contributed by atoms with Crippen LogP contribution in [0.15, 0.2) is 0 Å². The zero-order valence-corrected chi connectivity index (χ0v) is 53.2. The van der Waals surface area contributed by atoms with Gasteiger partial charge in [-0.3, -0.25) is 0 Å². The summed E-state index contributed by atoms with van der Waals surface area (Å²) in [7, 11) is 0. The van der Waals surface area contributed by atoms with Crippen LogP contribution in [0.4, 0.5) is 0 Å². The van der Waals surface area contributed by atoms with E-state index in [1.54, 1.807) is 0 Å². The molecule has 7 aliphatic rings. The molecule has 0 saturated heterocycles. The van der Waals surface area contributed by atoms with Crippen LogP contribution in [-0.4, -0.2) is 0 Å². The fourth-order valence-corrected chi connectivity index (χ4v) is 13.5. The molecule has 0 unspecified atom stereocenters. The van der Waals surface area contributed by atoms with Gasteiger partial charge in [0.25, 0.3) is 0 Å². The average Bonchev–Trinajstić information content (AvgIpc) is 3.92. The van der Waals surface area contributed by atoms with E-state index in [1.165, 1.54) is 250 Å². The molecule has 7 rings (SSSR count). The molecule has 7 fully saturated rings. The summed E-state index contributed by atoms with van der Waals surface area (Å²) in [6.45, 7) is 47.9. The second-order valence-corrected chi connectivity index (χ2v) is 31.0. The molecule has 7 aliphatic carbocycles. The molecular weight excluding hydrogens is 841 g/mol. The van der Waals surface area contributed by atoms with Crippen molar-refractivity contribution in [1.29, 1.82) is 0 Å². The van der Waals surface area contributed by atoms with Gasteiger partial charge in [-0.15, -0.1) is 0 Å². The van der Waals surface area contributed by atoms with Gasteiger partial charge in [-0.25, -0.2) is 0 Å². The normalized spacial score (nSPS) is 25.5. The fraction of sp³-hybridized carbons (Fsp3) is 1.00. The van der Waals surface area contributed by atoms with Crippen molar-refractivity contribution in [2.24, 2.45) is 60.6 Å². The first kappa shape index (κ1) is 68.0. The minimum Gasteiger partial charge on any atom is -0.0649 e. The molecule has 0 nitrogen and oxygen atoms in total. The Morgan fingerprint density at radius 3 is 0.586 bits per heavy atom. The quantitative estimate of drug-likeness (QED) is 0.241. The Kier molecular flexibility index (Phi) is 31.6. The van der Waals surface area contributed by atoms with E-state index in [0.717, 1.165) is 17.3 Å². The number of hydrogen-bond donors (Lipinski definition) is 0. The van der Waals surface area contributed by atoms with Gasteiger partial charge in [-0.05, 0) is 150 Å². The zero-order chi connectivity index (χ0) is 53.2. The van der Waals surface area contributed by atoms with Crippen LogP contribution in [0.5, 0.6) is 0 Å². The molecule has 0 N–H and O–H groups in total. The van der Waals surface area contributed by atoms with E-state index in [9.17, 15) is 0 Å². The smallest absolute Gasteiger partial charge is 0.0277 e. The van der Waals surface area contributed by atoms with E-state index in [-0.39, 0.29) is 0 Å². The standard InChI is InChI=1S/2C11H22.3C10H20.2C9H18/c1-10(2,3)11(4)8-6-5-7-9-11;1-3-11(2)9-7-5-4-6-8-10-11;1-9(2,3)10(4)7-5-6-8-10;1-9(2)10(3)7-5-4-6-8-10;1-3-10(2)8-6-4-5-7-9-10;1-8(2)9(3)6-4-5-7-9;1-3-9(2)7-5-4-6-8-9/h5-9H2,1-4H3;3-10H2,1-2H3;5-8H2,1-4H3;9H,4-8H2,1-3H3;3-9H2,1-2H3;8H,4-7H2,1-3H3;3-8H2,1-2H3. The maximum atomic E-state index is 2.47. The maximum absolute atomic E-state index is 2.47. The first-order valence-electron chi connectivity index (χ1n) is 32.5. The second kappa shape index (κ2) is 32.6. The Morgan fingerprint density at radius 2 is 0.414 bits per heavy atom. The molecular formula is C70H140. The highest BCUT2D eigenvalue weighted by Crippen LogP contribution is 2.51. The molecule has 0 amide bonds. The Hall–Kier alpha value is 0. The summed E-state index contributed by atoms with van der Waals surface area (Å²) >= 11 is 0. The molecule has 0 atom stereocenters. The Morgan fingerprint density at radius 1 is 0.257 bits per heavy atom. The molecule has 0 aromatic heterocycles. The molecule has 0 aromatic carbocycles. The molecule has 7 saturated carbocycles. The SMILES string of the molecule is CC(C)(C)C1(C)CCCC1.CC(C)(C)C1(C)CCCCC1.CC(C)C1(C)CCCC1.CC(C)C1(C)CCCCC1.CCC1(C)CCCCC1.CCC1(C)CCCCCC1.CCC1(C)CCCCCCC1. The maximum Gasteiger partial charge on any atom is -0.0277 e. The molecule has 70 heavy (non-hydrogen) atoms. The van der Waals surface area contributed by atoms with Crippen LogP contribution in [0.3, 0.4) is 0 Å². The minimum atomic E-state index is 0.507. The summed E-state index contributed by atoms with van der Waals surface area (Å²) in [5.41, 5.74) is 5.77. The third-order valence-corrected chi connectivity index (χ3v) is 23.3. The summed E-state index contributed by atoms with van der Waals surface area (Å²) in [6.07, 6.45) is 57.0. The molecule has 420 valence electrons. The van der Waals surface area contributed by atoms with E-state index >= 15 is 0 Å². The number of rotatable bonds is 5. The lowest BCUT2D eigenvalue weighted by atomic mass is 9.61. The van der Waals surface area contributed by atoms with E-state index in [2.05, 4.69) is 138 Å². The van der Waals surface area contributed by atoms with Crippen molar-refractivity contribution in [2.45, 2.75) is 389 Å². The van der Waals surface area contributed by atoms with Crippen molar-refractivity contribution in [2.75, 3.05) is 0 Å². The predicted molar refractivity (Wildman–Crippen MR) is 322 cm³/mol. The highest BCUT2D eigenvalue weighted by molar-refractivity contribution is 4.91. The van der Waals surface area contributed by atoms with Crippen LogP contribution in [0.25, 0.3) is 0 Å². The fourth-order valence-electron chi connectivity index (χ4n) is 13.5. The Labute approximate surface area is 447 Å². The summed E-state index contributed by atoms with van der Waals surface area (Å²) in [5.74, 6) is 1.77. The van der Waals surface area contributed by atoms with Crippen LogP contribution >= 0.6 is 0 Å². The summed E-state index contributed by atoms with van der Waals surface area (Å²) in [4.78, 5) is 0. The van der Waals surface area contributed by atoms with Crippen LogP contribution in [0.1, 0.15) is 389 Å². The summed E-state index contributed by atoms with van der Waals surface area (Å²) in [5, 5.41) is 0. The van der Waals surface area contributed by atoms with E-state index in [4.69, 9.17) is 0 Å². The second-order valence-electron chi connectivity index (χ2n) is 31.0. The lowest BCUT2D eigenvalue weighted by molar-refractivity contribution is 0.0601. The summed E-state index contributed by atoms with van der Waals surface area (Å²) < 4.78 is 0. The van der Waals surface area contributed by atoms with E-state index in [1.807, 2.05) is 0 Å². The van der Waals surface area contributed by atoms with Gasteiger partial charge in [0.05, 0.1) is 0 Å². The largest absolute Gasteiger partial charge is 0.0649 e. The van der Waals surface area contributed by atoms with E-state index in [0.29, 0.717) is 43.3 Å². The van der Waals surface area contributed by atoms with Gasteiger partial charge in [-0.1, -0.05) is 299 Å². The minimum absolute atomic E-state index is 0.507. The molecule has 0 radical (unpaired) electrons. The van der Waals surface area contributed by atoms with Gasteiger partial charge >= 0.3 is 0 Å². The Bertz CT molecular complexity index is 1230. The van der Waals surface area contributed by atoms with Crippen LogP contribution in [0, 0.1) is 60.6 Å². The lowest BCUT2D eigenvalue weighted by Crippen LogP contribution is -2.34. The Balaban J connectivity index is 0.000000409. The monoisotopic (exact) mass is 981 g/mol. The van der Waals surface area contributed by atoms with Crippen molar-refractivity contribution in [3.8, 4) is 0 Å². The highest BCUT2D eigenvalue weighted by Gasteiger charge is 2.40. The highest BCUT2D eigenvalue weighted by atomic mass is 14.4. The van der Waals surface area contributed by atoms with Crippen LogP contribution in [-0.2, 0) is 0 Å². The molecule has 0 spiro atoms. The zero-order valence-electron chi connectivity index (χ0n) is 53.2. The topological polar surface area (TPSA) is 0 Å². The number of hydrogen-bond acceptors (Lipinski definition) is 0. The van der Waals surface area contributed by atoms with Crippen molar-refractivity contribution >= 4 is 0 Å². The predicted octanol–water partition coefficient (Wildman–Crippen LogP) is 25.7. The van der Waals surface area contributed by atoms with Gasteiger partial charge < -0.3 is 0 Å². The first-order valence-corrected chi connectivity index (χ1v) is 32.5. The van der Waals surface area contributed by atoms with Gasteiger partial charge in [0.1, 0.15) is 0 Å². The van der Waals surface area contributed by atoms with Crippen LogP contribution in [0.2, 0.25) is 0 Å². The van der Waals surface area contributed by atoms with Gasteiger partial charge in [-0.2, -0.15) is 0 Å². The molecule has 0 heteroatoms. The van der Waals surface area contributed by atoms with Gasteiger partial charge in [0.15, 0.2) is 0 Å².